The molecule has 1 aromatic carbocycles. The lowest BCUT2D eigenvalue weighted by atomic mass is 9.94. The minimum Gasteiger partial charge on any atom is -0.345 e. The number of fused-ring (bicyclic) bond motifs is 2. The summed E-state index contributed by atoms with van der Waals surface area (Å²) in [5, 5.41) is 3.53. The summed E-state index contributed by atoms with van der Waals surface area (Å²) in [6.07, 6.45) is 4.12. The zero-order valence-electron chi connectivity index (χ0n) is 11.3. The average molecular weight is 270 g/mol. The molecule has 0 saturated carbocycles. The van der Waals surface area contributed by atoms with Gasteiger partial charge in [-0.05, 0) is 43.5 Å². The second-order valence-electron chi connectivity index (χ2n) is 5.81. The number of amides is 1. The molecule has 0 radical (unpaired) electrons. The van der Waals surface area contributed by atoms with Crippen molar-refractivity contribution in [1.82, 2.24) is 20.2 Å². The molecule has 0 spiro atoms. The van der Waals surface area contributed by atoms with E-state index in [2.05, 4.69) is 15.3 Å². The molecular weight excluding hydrogens is 252 g/mol. The highest BCUT2D eigenvalue weighted by atomic mass is 16.2. The highest BCUT2D eigenvalue weighted by molar-refractivity contribution is 5.97. The van der Waals surface area contributed by atoms with Gasteiger partial charge < -0.3 is 15.2 Å². The van der Waals surface area contributed by atoms with Crippen LogP contribution in [0.4, 0.5) is 0 Å². The molecule has 2 aliphatic rings. The van der Waals surface area contributed by atoms with Crippen LogP contribution in [0, 0.1) is 5.92 Å². The third kappa shape index (κ3) is 1.89. The lowest BCUT2D eigenvalue weighted by molar-refractivity contribution is 0.0786. The monoisotopic (exact) mass is 270 g/mol. The summed E-state index contributed by atoms with van der Waals surface area (Å²) >= 11 is 0. The van der Waals surface area contributed by atoms with Crippen LogP contribution in [0.5, 0.6) is 0 Å². The van der Waals surface area contributed by atoms with Crippen LogP contribution >= 0.6 is 0 Å². The summed E-state index contributed by atoms with van der Waals surface area (Å²) in [7, 11) is 0. The number of H-pyrrole nitrogens is 1. The van der Waals surface area contributed by atoms with Gasteiger partial charge in [0.1, 0.15) is 0 Å². The Bertz CT molecular complexity index is 636. The number of nitrogens with one attached hydrogen (secondary N) is 2. The molecule has 2 atom stereocenters. The highest BCUT2D eigenvalue weighted by Crippen LogP contribution is 2.26. The average Bonchev–Trinajstić information content (AvgIpc) is 3.11. The third-order valence-electron chi connectivity index (χ3n) is 4.55. The number of benzene rings is 1. The van der Waals surface area contributed by atoms with Gasteiger partial charge in [-0.15, -0.1) is 0 Å². The predicted molar refractivity (Wildman–Crippen MR) is 76.5 cm³/mol. The number of rotatable bonds is 1. The zero-order valence-corrected chi connectivity index (χ0v) is 11.3. The smallest absolute Gasteiger partial charge is 0.253 e. The van der Waals surface area contributed by atoms with E-state index in [1.54, 1.807) is 6.33 Å². The number of nitrogens with zero attached hydrogens (tertiary/aromatic N) is 2. The summed E-state index contributed by atoms with van der Waals surface area (Å²) in [6.45, 7) is 2.81. The molecule has 5 nitrogen and oxygen atoms in total. The van der Waals surface area contributed by atoms with Crippen LogP contribution in [0.2, 0.25) is 0 Å². The first kappa shape index (κ1) is 11.9. The molecule has 2 fully saturated rings. The Morgan fingerprint density at radius 2 is 2.30 bits per heavy atom. The molecule has 3 heterocycles. The van der Waals surface area contributed by atoms with Crippen LogP contribution in [-0.2, 0) is 0 Å². The maximum absolute atomic E-state index is 12.6. The van der Waals surface area contributed by atoms with Crippen molar-refractivity contribution in [3.8, 4) is 0 Å². The second-order valence-corrected chi connectivity index (χ2v) is 5.81. The van der Waals surface area contributed by atoms with Gasteiger partial charge in [0.15, 0.2) is 0 Å². The van der Waals surface area contributed by atoms with E-state index >= 15 is 0 Å². The number of piperidine rings is 1. The van der Waals surface area contributed by atoms with Crippen molar-refractivity contribution in [2.24, 2.45) is 5.92 Å². The fourth-order valence-corrected chi connectivity index (χ4v) is 3.46. The van der Waals surface area contributed by atoms with Gasteiger partial charge in [0, 0.05) is 24.7 Å². The molecule has 4 rings (SSSR count). The second kappa shape index (κ2) is 4.59. The van der Waals surface area contributed by atoms with Crippen molar-refractivity contribution < 1.29 is 4.79 Å². The number of hydrogen-bond donors (Lipinski definition) is 2. The highest BCUT2D eigenvalue weighted by Gasteiger charge is 2.36. The molecular formula is C15H18N4O. The fourth-order valence-electron chi connectivity index (χ4n) is 3.46. The SMILES string of the molecule is O=C(c1ccc2nc[nH]c2c1)N1C[C@@H]2CCCN[C@@H]2C1. The molecule has 1 amide bonds. The van der Waals surface area contributed by atoms with E-state index in [0.29, 0.717) is 12.0 Å². The zero-order chi connectivity index (χ0) is 13.5. The minimum atomic E-state index is 0.137. The van der Waals surface area contributed by atoms with E-state index in [0.717, 1.165) is 36.2 Å². The van der Waals surface area contributed by atoms with Gasteiger partial charge in [0.25, 0.3) is 5.91 Å². The first-order valence-electron chi connectivity index (χ1n) is 7.27. The predicted octanol–water partition coefficient (Wildman–Crippen LogP) is 1.39. The topological polar surface area (TPSA) is 61.0 Å². The number of carbonyl (C=O) groups is 1. The van der Waals surface area contributed by atoms with Crippen molar-refractivity contribution in [2.45, 2.75) is 18.9 Å². The van der Waals surface area contributed by atoms with Gasteiger partial charge >= 0.3 is 0 Å². The Hall–Kier alpha value is -1.88. The number of carbonyl (C=O) groups excluding carboxylic acids is 1. The Morgan fingerprint density at radius 3 is 3.20 bits per heavy atom. The largest absolute Gasteiger partial charge is 0.345 e. The number of aromatic amines is 1. The summed E-state index contributed by atoms with van der Waals surface area (Å²) in [5.41, 5.74) is 2.57. The van der Waals surface area contributed by atoms with Crippen LogP contribution in [0.1, 0.15) is 23.2 Å². The number of likely N-dealkylation sites (tertiary alicyclic amines) is 1. The third-order valence-corrected chi connectivity index (χ3v) is 4.55. The quantitative estimate of drug-likeness (QED) is 0.823. The number of aromatic nitrogens is 2. The molecule has 0 unspecified atom stereocenters. The van der Waals surface area contributed by atoms with Crippen molar-refractivity contribution in [3.05, 3.63) is 30.1 Å². The van der Waals surface area contributed by atoms with Gasteiger partial charge in [-0.25, -0.2) is 4.98 Å². The lowest BCUT2D eigenvalue weighted by Gasteiger charge is -2.24. The van der Waals surface area contributed by atoms with E-state index in [1.807, 2.05) is 23.1 Å². The molecule has 2 aromatic rings. The van der Waals surface area contributed by atoms with E-state index < -0.39 is 0 Å². The van der Waals surface area contributed by atoms with Gasteiger partial charge in [-0.1, -0.05) is 0 Å². The summed E-state index contributed by atoms with van der Waals surface area (Å²) in [4.78, 5) is 21.9. The Morgan fingerprint density at radius 1 is 1.35 bits per heavy atom. The van der Waals surface area contributed by atoms with Gasteiger partial charge in [-0.2, -0.15) is 0 Å². The first-order valence-corrected chi connectivity index (χ1v) is 7.27. The van der Waals surface area contributed by atoms with E-state index in [4.69, 9.17) is 0 Å². The molecule has 2 aliphatic heterocycles. The Balaban J connectivity index is 1.57. The van der Waals surface area contributed by atoms with Crippen molar-refractivity contribution in [3.63, 3.8) is 0 Å². The molecule has 2 saturated heterocycles. The molecule has 0 aliphatic carbocycles. The molecule has 0 bridgehead atoms. The van der Waals surface area contributed by atoms with Gasteiger partial charge in [-0.3, -0.25) is 4.79 Å². The maximum atomic E-state index is 12.6. The van der Waals surface area contributed by atoms with Crippen LogP contribution in [0.25, 0.3) is 11.0 Å². The first-order chi connectivity index (χ1) is 9.81. The van der Waals surface area contributed by atoms with Crippen molar-refractivity contribution in [2.75, 3.05) is 19.6 Å². The van der Waals surface area contributed by atoms with Gasteiger partial charge in [0.05, 0.1) is 17.4 Å². The standard InChI is InChI=1S/C15H18N4O/c20-15(10-3-4-12-13(6-10)18-9-17-12)19-7-11-2-1-5-16-14(11)8-19/h3-4,6,9,11,14,16H,1-2,5,7-8H2,(H,17,18)/t11-,14+/m0/s1. The van der Waals surface area contributed by atoms with E-state index in [9.17, 15) is 4.79 Å². The maximum Gasteiger partial charge on any atom is 0.253 e. The van der Waals surface area contributed by atoms with Crippen LogP contribution in [-0.4, -0.2) is 46.5 Å². The lowest BCUT2D eigenvalue weighted by Crippen LogP contribution is -2.41. The van der Waals surface area contributed by atoms with E-state index in [1.165, 1.54) is 12.8 Å². The van der Waals surface area contributed by atoms with Crippen molar-refractivity contribution in [1.29, 1.82) is 0 Å². The van der Waals surface area contributed by atoms with E-state index in [-0.39, 0.29) is 5.91 Å². The van der Waals surface area contributed by atoms with Gasteiger partial charge in [0.2, 0.25) is 0 Å². The molecule has 2 N–H and O–H groups in total. The molecule has 1 aromatic heterocycles. The summed E-state index contributed by atoms with van der Waals surface area (Å²) < 4.78 is 0. The molecule has 20 heavy (non-hydrogen) atoms. The van der Waals surface area contributed by atoms with Crippen LogP contribution < -0.4 is 5.32 Å². The number of hydrogen-bond acceptors (Lipinski definition) is 3. The van der Waals surface area contributed by atoms with Crippen molar-refractivity contribution >= 4 is 16.9 Å². The molecule has 5 heteroatoms. The Kier molecular flexibility index (Phi) is 2.73. The molecule has 104 valence electrons. The summed E-state index contributed by atoms with van der Waals surface area (Å²) in [5.74, 6) is 0.765. The van der Waals surface area contributed by atoms with Crippen LogP contribution in [0.15, 0.2) is 24.5 Å². The van der Waals surface area contributed by atoms with Crippen LogP contribution in [0.3, 0.4) is 0 Å². The Labute approximate surface area is 117 Å². The fraction of sp³-hybridized carbons (Fsp3) is 0.467. The minimum absolute atomic E-state index is 0.137. The summed E-state index contributed by atoms with van der Waals surface area (Å²) in [6, 6.07) is 6.17. The normalized spacial score (nSPS) is 25.9. The number of imidazole rings is 1.